The molecule has 0 spiro atoms. The minimum Gasteiger partial charge on any atom is -0.357 e. The highest BCUT2D eigenvalue weighted by atomic mass is 127. The van der Waals surface area contributed by atoms with E-state index in [9.17, 15) is 9.59 Å². The molecule has 0 aliphatic heterocycles. The number of hydrogen-bond donors (Lipinski definition) is 3. The van der Waals surface area contributed by atoms with Gasteiger partial charge in [-0.15, -0.1) is 24.0 Å². The maximum atomic E-state index is 12.6. The SMILES string of the molecule is CCNC(=NCC1(C(=O)N(C)C)CCCC1)NCCNC(=O)C1CC1.I. The molecule has 8 heteroatoms. The zero-order valence-corrected chi connectivity index (χ0v) is 18.6. The summed E-state index contributed by atoms with van der Waals surface area (Å²) in [5.41, 5.74) is -0.355. The summed E-state index contributed by atoms with van der Waals surface area (Å²) in [4.78, 5) is 30.6. The molecule has 0 radical (unpaired) electrons. The average molecular weight is 479 g/mol. The van der Waals surface area contributed by atoms with Gasteiger partial charge in [0.2, 0.25) is 11.8 Å². The van der Waals surface area contributed by atoms with Gasteiger partial charge in [-0.2, -0.15) is 0 Å². The summed E-state index contributed by atoms with van der Waals surface area (Å²) in [6, 6.07) is 0. The van der Waals surface area contributed by atoms with E-state index >= 15 is 0 Å². The number of carbonyl (C=O) groups is 2. The van der Waals surface area contributed by atoms with Crippen molar-refractivity contribution in [3.05, 3.63) is 0 Å². The van der Waals surface area contributed by atoms with Crippen molar-refractivity contribution in [2.45, 2.75) is 45.4 Å². The van der Waals surface area contributed by atoms with Gasteiger partial charge in [0.15, 0.2) is 5.96 Å². The van der Waals surface area contributed by atoms with Crippen LogP contribution in [0, 0.1) is 11.3 Å². The lowest BCUT2D eigenvalue weighted by molar-refractivity contribution is -0.138. The molecule has 2 fully saturated rings. The lowest BCUT2D eigenvalue weighted by atomic mass is 9.85. The highest BCUT2D eigenvalue weighted by Crippen LogP contribution is 2.39. The summed E-state index contributed by atoms with van der Waals surface area (Å²) in [5.74, 6) is 1.29. The van der Waals surface area contributed by atoms with Crippen LogP contribution >= 0.6 is 24.0 Å². The second kappa shape index (κ2) is 10.9. The Kier molecular flexibility index (Phi) is 9.67. The van der Waals surface area contributed by atoms with E-state index in [1.54, 1.807) is 4.90 Å². The maximum absolute atomic E-state index is 12.6. The molecule has 0 saturated heterocycles. The van der Waals surface area contributed by atoms with Crippen molar-refractivity contribution >= 4 is 41.8 Å². The molecule has 0 heterocycles. The zero-order valence-electron chi connectivity index (χ0n) is 16.3. The number of amides is 2. The fourth-order valence-electron chi connectivity index (χ4n) is 3.39. The fraction of sp³-hybridized carbons (Fsp3) is 0.833. The van der Waals surface area contributed by atoms with E-state index in [2.05, 4.69) is 20.9 Å². The quantitative estimate of drug-likeness (QED) is 0.212. The summed E-state index contributed by atoms with van der Waals surface area (Å²) in [7, 11) is 3.64. The van der Waals surface area contributed by atoms with Crippen molar-refractivity contribution in [3.63, 3.8) is 0 Å². The Morgan fingerprint density at radius 1 is 1.08 bits per heavy atom. The van der Waals surface area contributed by atoms with E-state index in [0.29, 0.717) is 25.6 Å². The van der Waals surface area contributed by atoms with Crippen LogP contribution in [0.2, 0.25) is 0 Å². The second-order valence-corrected chi connectivity index (χ2v) is 7.37. The molecule has 7 nitrogen and oxygen atoms in total. The Balaban J connectivity index is 0.00000338. The largest absolute Gasteiger partial charge is 0.357 e. The zero-order chi connectivity index (χ0) is 18.3. The first-order chi connectivity index (χ1) is 12.0. The van der Waals surface area contributed by atoms with Gasteiger partial charge in [0.05, 0.1) is 12.0 Å². The van der Waals surface area contributed by atoms with E-state index in [1.807, 2.05) is 21.0 Å². The van der Waals surface area contributed by atoms with Gasteiger partial charge in [0.1, 0.15) is 0 Å². The van der Waals surface area contributed by atoms with Crippen LogP contribution in [0.3, 0.4) is 0 Å². The third-order valence-electron chi connectivity index (χ3n) is 4.97. The number of aliphatic imine (C=N–C) groups is 1. The van der Waals surface area contributed by atoms with Crippen molar-refractivity contribution in [2.75, 3.05) is 40.3 Å². The van der Waals surface area contributed by atoms with E-state index < -0.39 is 0 Å². The van der Waals surface area contributed by atoms with Crippen LogP contribution in [0.25, 0.3) is 0 Å². The molecule has 2 aliphatic carbocycles. The molecule has 0 aromatic heterocycles. The van der Waals surface area contributed by atoms with Gasteiger partial charge in [-0.1, -0.05) is 12.8 Å². The lowest BCUT2D eigenvalue weighted by Crippen LogP contribution is -2.44. The molecule has 2 rings (SSSR count). The molecule has 2 saturated carbocycles. The topological polar surface area (TPSA) is 85.8 Å². The summed E-state index contributed by atoms with van der Waals surface area (Å²) < 4.78 is 0. The van der Waals surface area contributed by atoms with Gasteiger partial charge in [0.25, 0.3) is 0 Å². The first-order valence-electron chi connectivity index (χ1n) is 9.50. The summed E-state index contributed by atoms with van der Waals surface area (Å²) in [6.07, 6.45) is 6.03. The molecule has 150 valence electrons. The van der Waals surface area contributed by atoms with E-state index in [0.717, 1.165) is 45.1 Å². The minimum atomic E-state index is -0.355. The van der Waals surface area contributed by atoms with Crippen LogP contribution in [-0.2, 0) is 9.59 Å². The number of nitrogens with zero attached hydrogens (tertiary/aromatic N) is 2. The van der Waals surface area contributed by atoms with Gasteiger partial charge in [-0.3, -0.25) is 14.6 Å². The standard InChI is InChI=1S/C18H33N5O2.HI/c1-4-19-17(21-12-11-20-15(24)14-7-8-14)22-13-18(9-5-6-10-18)16(25)23(2)3;/h14H,4-13H2,1-3H3,(H,20,24)(H2,19,21,22);1H. The van der Waals surface area contributed by atoms with E-state index in [4.69, 9.17) is 0 Å². The Labute approximate surface area is 174 Å². The molecule has 2 aliphatic rings. The Morgan fingerprint density at radius 3 is 2.23 bits per heavy atom. The smallest absolute Gasteiger partial charge is 0.230 e. The van der Waals surface area contributed by atoms with E-state index in [1.165, 1.54) is 0 Å². The predicted octanol–water partition coefficient (Wildman–Crippen LogP) is 1.33. The van der Waals surface area contributed by atoms with Crippen molar-refractivity contribution in [1.82, 2.24) is 20.9 Å². The first-order valence-corrected chi connectivity index (χ1v) is 9.50. The van der Waals surface area contributed by atoms with Crippen molar-refractivity contribution < 1.29 is 9.59 Å². The van der Waals surface area contributed by atoms with Crippen LogP contribution in [0.15, 0.2) is 4.99 Å². The van der Waals surface area contributed by atoms with Gasteiger partial charge in [-0.05, 0) is 32.6 Å². The molecule has 0 bridgehead atoms. The molecular weight excluding hydrogens is 445 g/mol. The molecule has 2 amide bonds. The normalized spacial score (nSPS) is 18.7. The summed E-state index contributed by atoms with van der Waals surface area (Å²) in [5, 5.41) is 9.40. The monoisotopic (exact) mass is 479 g/mol. The van der Waals surface area contributed by atoms with Crippen LogP contribution in [-0.4, -0.2) is 62.9 Å². The third kappa shape index (κ3) is 6.59. The third-order valence-corrected chi connectivity index (χ3v) is 4.97. The highest BCUT2D eigenvalue weighted by Gasteiger charge is 2.42. The van der Waals surface area contributed by atoms with Crippen molar-refractivity contribution in [3.8, 4) is 0 Å². The van der Waals surface area contributed by atoms with Crippen molar-refractivity contribution in [2.24, 2.45) is 16.3 Å². The van der Waals surface area contributed by atoms with Crippen LogP contribution < -0.4 is 16.0 Å². The Hall–Kier alpha value is -1.06. The van der Waals surface area contributed by atoms with Crippen LogP contribution in [0.1, 0.15) is 45.4 Å². The van der Waals surface area contributed by atoms with Gasteiger partial charge in [-0.25, -0.2) is 0 Å². The number of hydrogen-bond acceptors (Lipinski definition) is 3. The second-order valence-electron chi connectivity index (χ2n) is 7.37. The van der Waals surface area contributed by atoms with Gasteiger partial charge < -0.3 is 20.9 Å². The fourth-order valence-corrected chi connectivity index (χ4v) is 3.39. The van der Waals surface area contributed by atoms with E-state index in [-0.39, 0.29) is 47.1 Å². The Bertz CT molecular complexity index is 500. The minimum absolute atomic E-state index is 0. The van der Waals surface area contributed by atoms with Gasteiger partial charge in [0, 0.05) is 39.6 Å². The van der Waals surface area contributed by atoms with Crippen LogP contribution in [0.5, 0.6) is 0 Å². The lowest BCUT2D eigenvalue weighted by Gasteiger charge is -2.29. The molecule has 26 heavy (non-hydrogen) atoms. The molecule has 0 aromatic carbocycles. The summed E-state index contributed by atoms with van der Waals surface area (Å²) in [6.45, 7) is 4.49. The van der Waals surface area contributed by atoms with Crippen LogP contribution in [0.4, 0.5) is 0 Å². The number of rotatable bonds is 8. The Morgan fingerprint density at radius 2 is 1.69 bits per heavy atom. The molecule has 3 N–H and O–H groups in total. The first kappa shape index (κ1) is 23.0. The number of guanidine groups is 1. The molecule has 0 aromatic rings. The number of carbonyl (C=O) groups excluding carboxylic acids is 2. The predicted molar refractivity (Wildman–Crippen MR) is 115 cm³/mol. The molecular formula is C18H34IN5O2. The number of nitrogens with one attached hydrogen (secondary N) is 3. The number of halogens is 1. The van der Waals surface area contributed by atoms with Gasteiger partial charge >= 0.3 is 0 Å². The molecule has 0 atom stereocenters. The molecule has 0 unspecified atom stereocenters. The average Bonchev–Trinajstić information content (AvgIpc) is 3.34. The van der Waals surface area contributed by atoms with Crippen molar-refractivity contribution in [1.29, 1.82) is 0 Å². The summed E-state index contributed by atoms with van der Waals surface area (Å²) >= 11 is 0. The highest BCUT2D eigenvalue weighted by molar-refractivity contribution is 14.0. The maximum Gasteiger partial charge on any atom is 0.230 e.